The quantitative estimate of drug-likeness (QED) is 0.920. The van der Waals surface area contributed by atoms with Crippen LogP contribution < -0.4 is 10.1 Å². The number of methoxy groups -OCH3 is 1. The molecule has 2 heterocycles. The molecule has 1 aliphatic heterocycles. The number of fused-ring (bicyclic) bond motifs is 1. The van der Waals surface area contributed by atoms with E-state index in [0.29, 0.717) is 6.04 Å². The SMILES string of the molecule is CCc1nc2n(n1)CC(NCc1ccc(OC)c(C)c1)CC2. The fraction of sp³-hybridized carbons (Fsp3) is 0.529. The van der Waals surface area contributed by atoms with Crippen molar-refractivity contribution in [1.29, 1.82) is 0 Å². The second-order valence-corrected chi connectivity index (χ2v) is 5.90. The summed E-state index contributed by atoms with van der Waals surface area (Å²) in [4.78, 5) is 4.56. The molecule has 0 bridgehead atoms. The van der Waals surface area contributed by atoms with Gasteiger partial charge in [0.15, 0.2) is 5.82 Å². The summed E-state index contributed by atoms with van der Waals surface area (Å²) >= 11 is 0. The first-order chi connectivity index (χ1) is 10.7. The average Bonchev–Trinajstić information content (AvgIpc) is 2.95. The molecule has 0 fully saturated rings. The number of nitrogens with zero attached hydrogens (tertiary/aromatic N) is 3. The highest BCUT2D eigenvalue weighted by molar-refractivity contribution is 5.36. The van der Waals surface area contributed by atoms with Crippen molar-refractivity contribution in [2.45, 2.75) is 52.2 Å². The molecule has 1 aromatic carbocycles. The molecule has 22 heavy (non-hydrogen) atoms. The summed E-state index contributed by atoms with van der Waals surface area (Å²) in [6, 6.07) is 6.81. The number of hydrogen-bond donors (Lipinski definition) is 1. The highest BCUT2D eigenvalue weighted by Crippen LogP contribution is 2.19. The van der Waals surface area contributed by atoms with Crippen LogP contribution in [0.5, 0.6) is 5.75 Å². The van der Waals surface area contributed by atoms with Crippen LogP contribution in [0.2, 0.25) is 0 Å². The molecule has 1 N–H and O–H groups in total. The molecular weight excluding hydrogens is 276 g/mol. The molecule has 3 rings (SSSR count). The van der Waals surface area contributed by atoms with E-state index in [1.54, 1.807) is 7.11 Å². The second-order valence-electron chi connectivity index (χ2n) is 5.90. The Kier molecular flexibility index (Phi) is 4.43. The van der Waals surface area contributed by atoms with Crippen LogP contribution in [0.1, 0.15) is 36.1 Å². The van der Waals surface area contributed by atoms with Gasteiger partial charge in [0, 0.05) is 25.4 Å². The first-order valence-corrected chi connectivity index (χ1v) is 7.99. The van der Waals surface area contributed by atoms with Gasteiger partial charge in [-0.25, -0.2) is 9.67 Å². The molecule has 0 radical (unpaired) electrons. The average molecular weight is 300 g/mol. The highest BCUT2D eigenvalue weighted by Gasteiger charge is 2.20. The minimum atomic E-state index is 0.460. The summed E-state index contributed by atoms with van der Waals surface area (Å²) in [7, 11) is 1.71. The van der Waals surface area contributed by atoms with Crippen LogP contribution in [0.15, 0.2) is 18.2 Å². The maximum atomic E-state index is 5.31. The number of benzene rings is 1. The Morgan fingerprint density at radius 2 is 2.27 bits per heavy atom. The number of rotatable bonds is 5. The van der Waals surface area contributed by atoms with Gasteiger partial charge >= 0.3 is 0 Å². The largest absolute Gasteiger partial charge is 0.496 e. The van der Waals surface area contributed by atoms with E-state index in [0.717, 1.165) is 49.8 Å². The Bertz CT molecular complexity index is 650. The van der Waals surface area contributed by atoms with Gasteiger partial charge in [-0.15, -0.1) is 0 Å². The van der Waals surface area contributed by atoms with Crippen LogP contribution in [-0.4, -0.2) is 27.9 Å². The fourth-order valence-electron chi connectivity index (χ4n) is 2.99. The van der Waals surface area contributed by atoms with Crippen LogP contribution in [-0.2, 0) is 25.9 Å². The Hall–Kier alpha value is -1.88. The van der Waals surface area contributed by atoms with Crippen molar-refractivity contribution in [2.24, 2.45) is 0 Å². The van der Waals surface area contributed by atoms with E-state index in [9.17, 15) is 0 Å². The summed E-state index contributed by atoms with van der Waals surface area (Å²) in [5.74, 6) is 3.04. The monoisotopic (exact) mass is 300 g/mol. The molecule has 1 aliphatic rings. The first-order valence-electron chi connectivity index (χ1n) is 7.99. The van der Waals surface area contributed by atoms with E-state index in [1.165, 1.54) is 11.1 Å². The summed E-state index contributed by atoms with van der Waals surface area (Å²) in [6.45, 7) is 5.97. The molecule has 5 heteroatoms. The predicted molar refractivity (Wildman–Crippen MR) is 86.1 cm³/mol. The number of nitrogens with one attached hydrogen (secondary N) is 1. The van der Waals surface area contributed by atoms with Crippen molar-refractivity contribution in [3.05, 3.63) is 41.0 Å². The van der Waals surface area contributed by atoms with Crippen molar-refractivity contribution >= 4 is 0 Å². The van der Waals surface area contributed by atoms with E-state index in [4.69, 9.17) is 4.74 Å². The van der Waals surface area contributed by atoms with Gasteiger partial charge in [-0.2, -0.15) is 5.10 Å². The standard InChI is InChI=1S/C17H24N4O/c1-4-16-19-17-8-6-14(11-21(17)20-16)18-10-13-5-7-15(22-3)12(2)9-13/h5,7,9,14,18H,4,6,8,10-11H2,1-3H3. The molecule has 0 amide bonds. The molecule has 2 aromatic rings. The molecule has 1 aromatic heterocycles. The minimum Gasteiger partial charge on any atom is -0.496 e. The lowest BCUT2D eigenvalue weighted by atomic mass is 10.1. The normalized spacial score (nSPS) is 17.3. The molecule has 0 saturated heterocycles. The smallest absolute Gasteiger partial charge is 0.150 e. The minimum absolute atomic E-state index is 0.460. The van der Waals surface area contributed by atoms with Crippen LogP contribution in [0, 0.1) is 6.92 Å². The van der Waals surface area contributed by atoms with Gasteiger partial charge in [-0.3, -0.25) is 0 Å². The summed E-state index contributed by atoms with van der Waals surface area (Å²) in [6.07, 6.45) is 3.03. The van der Waals surface area contributed by atoms with Crippen molar-refractivity contribution in [1.82, 2.24) is 20.1 Å². The lowest BCUT2D eigenvalue weighted by Crippen LogP contribution is -2.37. The van der Waals surface area contributed by atoms with E-state index < -0.39 is 0 Å². The molecule has 118 valence electrons. The van der Waals surface area contributed by atoms with E-state index in [2.05, 4.69) is 46.1 Å². The first kappa shape index (κ1) is 15.0. The van der Waals surface area contributed by atoms with Gasteiger partial charge in [0.2, 0.25) is 0 Å². The van der Waals surface area contributed by atoms with Crippen molar-refractivity contribution in [3.63, 3.8) is 0 Å². The lowest BCUT2D eigenvalue weighted by molar-refractivity contribution is 0.357. The molecule has 1 unspecified atom stereocenters. The van der Waals surface area contributed by atoms with E-state index in [1.807, 2.05) is 6.07 Å². The zero-order valence-corrected chi connectivity index (χ0v) is 13.6. The van der Waals surface area contributed by atoms with Gasteiger partial charge in [0.1, 0.15) is 11.6 Å². The summed E-state index contributed by atoms with van der Waals surface area (Å²) < 4.78 is 7.38. The van der Waals surface area contributed by atoms with Crippen LogP contribution in [0.25, 0.3) is 0 Å². The van der Waals surface area contributed by atoms with Crippen LogP contribution in [0.4, 0.5) is 0 Å². The third-order valence-electron chi connectivity index (χ3n) is 4.27. The van der Waals surface area contributed by atoms with Crippen molar-refractivity contribution < 1.29 is 4.74 Å². The molecule has 0 aliphatic carbocycles. The van der Waals surface area contributed by atoms with Gasteiger partial charge in [0.25, 0.3) is 0 Å². The predicted octanol–water partition coefficient (Wildman–Crippen LogP) is 2.26. The van der Waals surface area contributed by atoms with Gasteiger partial charge in [-0.05, 0) is 30.5 Å². The Labute approximate surface area is 131 Å². The van der Waals surface area contributed by atoms with Crippen LogP contribution in [0.3, 0.4) is 0 Å². The topological polar surface area (TPSA) is 52.0 Å². The van der Waals surface area contributed by atoms with Crippen molar-refractivity contribution in [3.8, 4) is 5.75 Å². The fourth-order valence-corrected chi connectivity index (χ4v) is 2.99. The third-order valence-corrected chi connectivity index (χ3v) is 4.27. The zero-order valence-electron chi connectivity index (χ0n) is 13.6. The second kappa shape index (κ2) is 6.48. The lowest BCUT2D eigenvalue weighted by Gasteiger charge is -2.23. The van der Waals surface area contributed by atoms with Crippen LogP contribution >= 0.6 is 0 Å². The number of hydrogen-bond acceptors (Lipinski definition) is 4. The maximum absolute atomic E-state index is 5.31. The molecule has 1 atom stereocenters. The molecular formula is C17H24N4O. The van der Waals surface area contributed by atoms with Gasteiger partial charge in [-0.1, -0.05) is 19.1 Å². The maximum Gasteiger partial charge on any atom is 0.150 e. The number of aromatic nitrogens is 3. The summed E-state index contributed by atoms with van der Waals surface area (Å²) in [5.41, 5.74) is 2.47. The Balaban J connectivity index is 1.59. The van der Waals surface area contributed by atoms with E-state index in [-0.39, 0.29) is 0 Å². The highest BCUT2D eigenvalue weighted by atomic mass is 16.5. The number of ether oxygens (including phenoxy) is 1. The summed E-state index contributed by atoms with van der Waals surface area (Å²) in [5, 5.41) is 8.20. The third kappa shape index (κ3) is 3.14. The van der Waals surface area contributed by atoms with Crippen molar-refractivity contribution in [2.75, 3.05) is 7.11 Å². The Morgan fingerprint density at radius 3 is 3.00 bits per heavy atom. The molecule has 0 spiro atoms. The zero-order chi connectivity index (χ0) is 15.5. The van der Waals surface area contributed by atoms with E-state index >= 15 is 0 Å². The molecule has 0 saturated carbocycles. The van der Waals surface area contributed by atoms with Gasteiger partial charge in [0.05, 0.1) is 13.7 Å². The Morgan fingerprint density at radius 1 is 1.41 bits per heavy atom. The molecule has 5 nitrogen and oxygen atoms in total. The van der Waals surface area contributed by atoms with Gasteiger partial charge < -0.3 is 10.1 Å². The number of aryl methyl sites for hydroxylation is 3.